The summed E-state index contributed by atoms with van der Waals surface area (Å²) in [6.07, 6.45) is 10.3. The number of carbonyl (C=O) groups is 1. The first-order valence-electron chi connectivity index (χ1n) is 9.77. The molecule has 0 radical (unpaired) electrons. The second kappa shape index (κ2) is 6.99. The summed E-state index contributed by atoms with van der Waals surface area (Å²) in [6.45, 7) is 3.57. The molecule has 0 aliphatic heterocycles. The van der Waals surface area contributed by atoms with Crippen LogP contribution in [0.15, 0.2) is 22.8 Å². The Balaban J connectivity index is 1.60. The molecule has 3 nitrogen and oxygen atoms in total. The van der Waals surface area contributed by atoms with Crippen LogP contribution in [0.5, 0.6) is 0 Å². The van der Waals surface area contributed by atoms with Crippen molar-refractivity contribution >= 4 is 32.7 Å². The average molecular weight is 421 g/mol. The molecule has 5 rings (SSSR count). The molecule has 140 valence electrons. The Hall–Kier alpha value is -1.36. The van der Waals surface area contributed by atoms with Crippen molar-refractivity contribution in [3.63, 3.8) is 0 Å². The van der Waals surface area contributed by atoms with Crippen molar-refractivity contribution in [2.24, 2.45) is 11.3 Å². The third-order valence-electron chi connectivity index (χ3n) is 6.48. The van der Waals surface area contributed by atoms with Gasteiger partial charge in [-0.25, -0.2) is 4.39 Å². The number of halogens is 2. The summed E-state index contributed by atoms with van der Waals surface area (Å²) in [5, 5.41) is 3.58. The molecule has 1 aromatic carbocycles. The van der Waals surface area contributed by atoms with Crippen LogP contribution in [0.3, 0.4) is 0 Å². The van der Waals surface area contributed by atoms with Crippen LogP contribution in [0, 0.1) is 17.2 Å². The Kier molecular flexibility index (Phi) is 4.84. The molecule has 5 heteroatoms. The van der Waals surface area contributed by atoms with Crippen molar-refractivity contribution in [1.29, 1.82) is 0 Å². The van der Waals surface area contributed by atoms with E-state index in [1.807, 2.05) is 16.8 Å². The molecular formula is C21H26BrFN2O. The minimum atomic E-state index is -0.342. The number of aryl methyl sites for hydroxylation is 1. The third kappa shape index (κ3) is 3.19. The van der Waals surface area contributed by atoms with Crippen LogP contribution in [0.4, 0.5) is 4.39 Å². The Morgan fingerprint density at radius 1 is 1.31 bits per heavy atom. The summed E-state index contributed by atoms with van der Waals surface area (Å²) in [4.78, 5) is 12.9. The SMILES string of the molecule is CCCn1cc(C(=O)NCC23CCC(CC2)CC3)c2c(F)cc(Br)cc21. The van der Waals surface area contributed by atoms with Gasteiger partial charge in [0, 0.05) is 29.1 Å². The van der Waals surface area contributed by atoms with Crippen molar-refractivity contribution < 1.29 is 9.18 Å². The number of nitrogens with one attached hydrogen (secondary N) is 1. The zero-order valence-corrected chi connectivity index (χ0v) is 16.9. The summed E-state index contributed by atoms with van der Waals surface area (Å²) < 4.78 is 17.3. The quantitative estimate of drug-likeness (QED) is 0.665. The zero-order chi connectivity index (χ0) is 18.3. The van der Waals surface area contributed by atoms with Gasteiger partial charge in [-0.05, 0) is 68.4 Å². The predicted molar refractivity (Wildman–Crippen MR) is 106 cm³/mol. The molecule has 3 aliphatic carbocycles. The standard InChI is InChI=1S/C21H26BrFN2O/c1-2-9-25-12-16(19-17(23)10-15(22)11-18(19)25)20(26)24-13-21-6-3-14(4-7-21)5-8-21/h10-12,14H,2-9,13H2,1H3,(H,24,26). The van der Waals surface area contributed by atoms with Crippen LogP contribution in [0.25, 0.3) is 10.9 Å². The third-order valence-corrected chi connectivity index (χ3v) is 6.94. The van der Waals surface area contributed by atoms with E-state index in [1.165, 1.54) is 44.6 Å². The maximum absolute atomic E-state index is 14.6. The summed E-state index contributed by atoms with van der Waals surface area (Å²) >= 11 is 3.36. The molecule has 0 atom stereocenters. The second-order valence-electron chi connectivity index (χ2n) is 8.18. The lowest BCUT2D eigenvalue weighted by molar-refractivity contribution is 0.0597. The van der Waals surface area contributed by atoms with E-state index in [2.05, 4.69) is 28.2 Å². The van der Waals surface area contributed by atoms with Gasteiger partial charge < -0.3 is 9.88 Å². The van der Waals surface area contributed by atoms with Gasteiger partial charge in [-0.2, -0.15) is 0 Å². The number of hydrogen-bond donors (Lipinski definition) is 1. The van der Waals surface area contributed by atoms with Gasteiger partial charge in [-0.15, -0.1) is 0 Å². The molecule has 0 saturated heterocycles. The summed E-state index contributed by atoms with van der Waals surface area (Å²) in [7, 11) is 0. The van der Waals surface area contributed by atoms with Crippen LogP contribution in [0.1, 0.15) is 62.2 Å². The molecular weight excluding hydrogens is 395 g/mol. The Morgan fingerprint density at radius 3 is 2.65 bits per heavy atom. The first-order valence-corrected chi connectivity index (χ1v) is 10.6. The van der Waals surface area contributed by atoms with Crippen molar-refractivity contribution in [2.45, 2.75) is 58.4 Å². The van der Waals surface area contributed by atoms with Crippen molar-refractivity contribution in [2.75, 3.05) is 6.54 Å². The number of hydrogen-bond acceptors (Lipinski definition) is 1. The number of nitrogens with zero attached hydrogens (tertiary/aromatic N) is 1. The van der Waals surface area contributed by atoms with E-state index < -0.39 is 0 Å². The van der Waals surface area contributed by atoms with Crippen molar-refractivity contribution in [3.05, 3.63) is 34.2 Å². The van der Waals surface area contributed by atoms with Crippen LogP contribution < -0.4 is 5.32 Å². The fourth-order valence-electron chi connectivity index (χ4n) is 4.91. The number of carbonyl (C=O) groups excluding carboxylic acids is 1. The maximum Gasteiger partial charge on any atom is 0.253 e. The minimum Gasteiger partial charge on any atom is -0.351 e. The molecule has 3 fully saturated rings. The number of aromatic nitrogens is 1. The molecule has 2 bridgehead atoms. The molecule has 3 aliphatic rings. The van der Waals surface area contributed by atoms with E-state index in [-0.39, 0.29) is 17.1 Å². The van der Waals surface area contributed by atoms with Crippen LogP contribution in [-0.4, -0.2) is 17.0 Å². The number of benzene rings is 1. The van der Waals surface area contributed by atoms with Gasteiger partial charge in [0.15, 0.2) is 0 Å². The minimum absolute atomic E-state index is 0.145. The lowest BCUT2D eigenvalue weighted by atomic mass is 9.61. The molecule has 0 unspecified atom stereocenters. The molecule has 1 N–H and O–H groups in total. The van der Waals surface area contributed by atoms with Crippen molar-refractivity contribution in [1.82, 2.24) is 9.88 Å². The fourth-order valence-corrected chi connectivity index (χ4v) is 5.33. The molecule has 1 aromatic heterocycles. The largest absolute Gasteiger partial charge is 0.351 e. The monoisotopic (exact) mass is 420 g/mol. The Labute approximate surface area is 162 Å². The zero-order valence-electron chi connectivity index (χ0n) is 15.3. The smallest absolute Gasteiger partial charge is 0.253 e. The second-order valence-corrected chi connectivity index (χ2v) is 9.10. The van der Waals surface area contributed by atoms with Crippen LogP contribution in [-0.2, 0) is 6.54 Å². The Bertz CT molecular complexity index is 822. The van der Waals surface area contributed by atoms with E-state index in [9.17, 15) is 9.18 Å². The maximum atomic E-state index is 14.6. The highest BCUT2D eigenvalue weighted by Gasteiger charge is 2.40. The fraction of sp³-hybridized carbons (Fsp3) is 0.571. The topological polar surface area (TPSA) is 34.0 Å². The number of fused-ring (bicyclic) bond motifs is 4. The summed E-state index contributed by atoms with van der Waals surface area (Å²) in [5.41, 5.74) is 1.51. The van der Waals surface area contributed by atoms with Crippen LogP contribution >= 0.6 is 15.9 Å². The Morgan fingerprint density at radius 2 is 2.00 bits per heavy atom. The molecule has 1 amide bonds. The lowest BCUT2D eigenvalue weighted by Crippen LogP contribution is -2.43. The molecule has 3 saturated carbocycles. The average Bonchev–Trinajstić information content (AvgIpc) is 3.00. The normalized spacial score (nSPS) is 25.0. The number of rotatable bonds is 5. The predicted octanol–water partition coefficient (Wildman–Crippen LogP) is 5.65. The molecule has 26 heavy (non-hydrogen) atoms. The molecule has 1 heterocycles. The number of amides is 1. The highest BCUT2D eigenvalue weighted by molar-refractivity contribution is 9.10. The van der Waals surface area contributed by atoms with Crippen LogP contribution in [0.2, 0.25) is 0 Å². The first kappa shape index (κ1) is 18.0. The highest BCUT2D eigenvalue weighted by Crippen LogP contribution is 2.49. The van der Waals surface area contributed by atoms with Gasteiger partial charge in [0.25, 0.3) is 5.91 Å². The lowest BCUT2D eigenvalue weighted by Gasteiger charge is -2.46. The van der Waals surface area contributed by atoms with Gasteiger partial charge in [0.1, 0.15) is 5.82 Å². The van der Waals surface area contributed by atoms with Gasteiger partial charge in [0.05, 0.1) is 11.1 Å². The first-order chi connectivity index (χ1) is 12.5. The van der Waals surface area contributed by atoms with E-state index >= 15 is 0 Å². The van der Waals surface area contributed by atoms with E-state index in [0.29, 0.717) is 15.4 Å². The van der Waals surface area contributed by atoms with Gasteiger partial charge in [-0.3, -0.25) is 4.79 Å². The van der Waals surface area contributed by atoms with E-state index in [4.69, 9.17) is 0 Å². The van der Waals surface area contributed by atoms with Gasteiger partial charge in [0.2, 0.25) is 0 Å². The van der Waals surface area contributed by atoms with Gasteiger partial charge in [-0.1, -0.05) is 22.9 Å². The summed E-state index contributed by atoms with van der Waals surface area (Å²) in [6, 6.07) is 3.34. The van der Waals surface area contributed by atoms with E-state index in [0.717, 1.165) is 30.9 Å². The summed E-state index contributed by atoms with van der Waals surface area (Å²) in [5.74, 6) is 0.422. The van der Waals surface area contributed by atoms with Gasteiger partial charge >= 0.3 is 0 Å². The van der Waals surface area contributed by atoms with Crippen molar-refractivity contribution in [3.8, 4) is 0 Å². The highest BCUT2D eigenvalue weighted by atomic mass is 79.9. The molecule has 2 aromatic rings. The van der Waals surface area contributed by atoms with E-state index in [1.54, 1.807) is 0 Å². The molecule has 0 spiro atoms.